The third kappa shape index (κ3) is 1.24. The SMILES string of the molecule is C=CC(=O)c1ccc2ocnc2c1. The predicted octanol–water partition coefficient (Wildman–Crippen LogP) is 2.20. The maximum Gasteiger partial charge on any atom is 0.185 e. The van der Waals surface area contributed by atoms with E-state index < -0.39 is 0 Å². The van der Waals surface area contributed by atoms with E-state index in [0.29, 0.717) is 16.7 Å². The Morgan fingerprint density at radius 2 is 2.38 bits per heavy atom. The third-order valence-corrected chi connectivity index (χ3v) is 1.80. The van der Waals surface area contributed by atoms with Gasteiger partial charge in [0.15, 0.2) is 17.8 Å². The summed E-state index contributed by atoms with van der Waals surface area (Å²) in [4.78, 5) is 15.1. The maximum atomic E-state index is 11.2. The molecule has 0 amide bonds. The van der Waals surface area contributed by atoms with Gasteiger partial charge in [-0.25, -0.2) is 4.98 Å². The van der Waals surface area contributed by atoms with E-state index in [1.54, 1.807) is 18.2 Å². The number of hydrogen-bond donors (Lipinski definition) is 0. The van der Waals surface area contributed by atoms with E-state index in [2.05, 4.69) is 11.6 Å². The summed E-state index contributed by atoms with van der Waals surface area (Å²) in [5.41, 5.74) is 1.95. The van der Waals surface area contributed by atoms with Crippen LogP contribution < -0.4 is 0 Å². The van der Waals surface area contributed by atoms with Gasteiger partial charge < -0.3 is 4.42 Å². The number of ketones is 1. The molecular formula is C10H7NO2. The lowest BCUT2D eigenvalue weighted by Gasteiger charge is -1.93. The number of carbonyl (C=O) groups excluding carboxylic acids is 1. The molecule has 0 radical (unpaired) electrons. The summed E-state index contributed by atoms with van der Waals surface area (Å²) in [6, 6.07) is 5.10. The Balaban J connectivity index is 2.60. The second-order valence-electron chi connectivity index (χ2n) is 2.60. The fourth-order valence-electron chi connectivity index (χ4n) is 1.13. The topological polar surface area (TPSA) is 43.1 Å². The Labute approximate surface area is 74.7 Å². The van der Waals surface area contributed by atoms with Gasteiger partial charge in [-0.2, -0.15) is 0 Å². The summed E-state index contributed by atoms with van der Waals surface area (Å²) in [6.45, 7) is 3.41. The summed E-state index contributed by atoms with van der Waals surface area (Å²) < 4.78 is 5.04. The second kappa shape index (κ2) is 2.86. The normalized spacial score (nSPS) is 10.2. The fourth-order valence-corrected chi connectivity index (χ4v) is 1.13. The first-order valence-corrected chi connectivity index (χ1v) is 3.81. The molecule has 0 unspecified atom stereocenters. The third-order valence-electron chi connectivity index (χ3n) is 1.80. The standard InChI is InChI=1S/C10H7NO2/c1-2-9(12)7-3-4-10-8(5-7)11-6-13-10/h2-6H,1H2. The highest BCUT2D eigenvalue weighted by Crippen LogP contribution is 2.14. The first kappa shape index (κ1) is 7.73. The number of nitrogens with zero attached hydrogens (tertiary/aromatic N) is 1. The highest BCUT2D eigenvalue weighted by molar-refractivity contribution is 6.05. The summed E-state index contributed by atoms with van der Waals surface area (Å²) in [5, 5.41) is 0. The highest BCUT2D eigenvalue weighted by Gasteiger charge is 2.04. The number of allylic oxidation sites excluding steroid dienone is 1. The Kier molecular flexibility index (Phi) is 1.70. The van der Waals surface area contributed by atoms with Gasteiger partial charge in [-0.3, -0.25) is 4.79 Å². The largest absolute Gasteiger partial charge is 0.443 e. The Morgan fingerprint density at radius 3 is 3.15 bits per heavy atom. The minimum Gasteiger partial charge on any atom is -0.443 e. The van der Waals surface area contributed by atoms with Crippen LogP contribution in [0.2, 0.25) is 0 Å². The van der Waals surface area contributed by atoms with Crippen molar-refractivity contribution >= 4 is 16.9 Å². The predicted molar refractivity (Wildman–Crippen MR) is 48.5 cm³/mol. The quantitative estimate of drug-likeness (QED) is 0.516. The van der Waals surface area contributed by atoms with Crippen LogP contribution in [0.4, 0.5) is 0 Å². The van der Waals surface area contributed by atoms with Crippen molar-refractivity contribution in [3.63, 3.8) is 0 Å². The van der Waals surface area contributed by atoms with Crippen LogP contribution in [0.15, 0.2) is 41.7 Å². The van der Waals surface area contributed by atoms with Crippen molar-refractivity contribution in [2.45, 2.75) is 0 Å². The van der Waals surface area contributed by atoms with Gasteiger partial charge in [0, 0.05) is 5.56 Å². The molecule has 0 saturated carbocycles. The number of fused-ring (bicyclic) bond motifs is 1. The van der Waals surface area contributed by atoms with E-state index in [4.69, 9.17) is 4.42 Å². The van der Waals surface area contributed by atoms with E-state index in [1.807, 2.05) is 0 Å². The van der Waals surface area contributed by atoms with Crippen LogP contribution in [0.3, 0.4) is 0 Å². The molecule has 2 rings (SSSR count). The first-order valence-electron chi connectivity index (χ1n) is 3.81. The van der Waals surface area contributed by atoms with Crippen LogP contribution in [-0.2, 0) is 0 Å². The molecule has 13 heavy (non-hydrogen) atoms. The van der Waals surface area contributed by atoms with Crippen LogP contribution in [0, 0.1) is 0 Å². The lowest BCUT2D eigenvalue weighted by atomic mass is 10.1. The van der Waals surface area contributed by atoms with E-state index in [1.165, 1.54) is 12.5 Å². The zero-order valence-electron chi connectivity index (χ0n) is 6.86. The molecule has 1 aromatic carbocycles. The Bertz CT molecular complexity index is 470. The number of benzene rings is 1. The van der Waals surface area contributed by atoms with Gasteiger partial charge in [-0.15, -0.1) is 0 Å². The van der Waals surface area contributed by atoms with Gasteiger partial charge in [0.25, 0.3) is 0 Å². The number of oxazole rings is 1. The molecule has 0 spiro atoms. The molecule has 3 heteroatoms. The van der Waals surface area contributed by atoms with Crippen molar-refractivity contribution in [2.24, 2.45) is 0 Å². The fraction of sp³-hybridized carbons (Fsp3) is 0. The van der Waals surface area contributed by atoms with Gasteiger partial charge in [0.1, 0.15) is 5.52 Å². The molecule has 0 bridgehead atoms. The van der Waals surface area contributed by atoms with Gasteiger partial charge in [0.05, 0.1) is 0 Å². The van der Waals surface area contributed by atoms with E-state index in [-0.39, 0.29) is 5.78 Å². The molecule has 1 aromatic heterocycles. The molecule has 0 aliphatic heterocycles. The minimum absolute atomic E-state index is 0.107. The molecule has 0 aliphatic rings. The van der Waals surface area contributed by atoms with Crippen molar-refractivity contribution in [1.82, 2.24) is 4.98 Å². The van der Waals surface area contributed by atoms with Crippen molar-refractivity contribution in [3.8, 4) is 0 Å². The van der Waals surface area contributed by atoms with Crippen LogP contribution >= 0.6 is 0 Å². The van der Waals surface area contributed by atoms with Crippen LogP contribution in [0.25, 0.3) is 11.1 Å². The van der Waals surface area contributed by atoms with Crippen molar-refractivity contribution < 1.29 is 9.21 Å². The number of hydrogen-bond acceptors (Lipinski definition) is 3. The van der Waals surface area contributed by atoms with Crippen LogP contribution in [-0.4, -0.2) is 10.8 Å². The maximum absolute atomic E-state index is 11.2. The van der Waals surface area contributed by atoms with E-state index >= 15 is 0 Å². The molecule has 64 valence electrons. The van der Waals surface area contributed by atoms with Crippen LogP contribution in [0.1, 0.15) is 10.4 Å². The Morgan fingerprint density at radius 1 is 1.54 bits per heavy atom. The van der Waals surface area contributed by atoms with E-state index in [0.717, 1.165) is 0 Å². The molecule has 2 aromatic rings. The number of rotatable bonds is 2. The summed E-state index contributed by atoms with van der Waals surface area (Å²) in [5.74, 6) is -0.107. The molecule has 0 atom stereocenters. The van der Waals surface area contributed by atoms with Crippen molar-refractivity contribution in [3.05, 3.63) is 42.8 Å². The summed E-state index contributed by atoms with van der Waals surface area (Å²) >= 11 is 0. The van der Waals surface area contributed by atoms with Gasteiger partial charge in [-0.1, -0.05) is 6.58 Å². The molecule has 0 N–H and O–H groups in total. The number of carbonyl (C=O) groups is 1. The molecule has 0 saturated heterocycles. The molecule has 0 fully saturated rings. The highest BCUT2D eigenvalue weighted by atomic mass is 16.3. The summed E-state index contributed by atoms with van der Waals surface area (Å²) in [7, 11) is 0. The zero-order valence-corrected chi connectivity index (χ0v) is 6.86. The lowest BCUT2D eigenvalue weighted by Crippen LogP contribution is -1.92. The minimum atomic E-state index is -0.107. The lowest BCUT2D eigenvalue weighted by molar-refractivity contribution is 0.104. The van der Waals surface area contributed by atoms with Crippen LogP contribution in [0.5, 0.6) is 0 Å². The first-order chi connectivity index (χ1) is 6.31. The monoisotopic (exact) mass is 173 g/mol. The smallest absolute Gasteiger partial charge is 0.185 e. The molecular weight excluding hydrogens is 166 g/mol. The van der Waals surface area contributed by atoms with Gasteiger partial charge >= 0.3 is 0 Å². The van der Waals surface area contributed by atoms with Gasteiger partial charge in [-0.05, 0) is 24.3 Å². The number of aromatic nitrogens is 1. The van der Waals surface area contributed by atoms with Gasteiger partial charge in [0.2, 0.25) is 0 Å². The Hall–Kier alpha value is -1.90. The summed E-state index contributed by atoms with van der Waals surface area (Å²) in [6.07, 6.45) is 2.63. The van der Waals surface area contributed by atoms with Crippen molar-refractivity contribution in [1.29, 1.82) is 0 Å². The van der Waals surface area contributed by atoms with E-state index in [9.17, 15) is 4.79 Å². The molecule has 0 aliphatic carbocycles. The molecule has 3 nitrogen and oxygen atoms in total. The average molecular weight is 173 g/mol. The zero-order chi connectivity index (χ0) is 9.26. The van der Waals surface area contributed by atoms with Crippen molar-refractivity contribution in [2.75, 3.05) is 0 Å². The average Bonchev–Trinajstić information content (AvgIpc) is 2.63. The second-order valence-corrected chi connectivity index (χ2v) is 2.60. The molecule has 1 heterocycles.